The average molecular weight is 432 g/mol. The van der Waals surface area contributed by atoms with E-state index in [1.165, 1.54) is 34.0 Å². The molecular weight excluding hydrogens is 408 g/mol. The van der Waals surface area contributed by atoms with Gasteiger partial charge in [0.05, 0.1) is 11.7 Å². The third-order valence-electron chi connectivity index (χ3n) is 5.50. The standard InChI is InChI=1S/C22H23F2N3O2S/c1-13(11-15-16(23)6-4-7-17(15)24)26-19(28)9-10-27-12-25-21-20(22(27)29)14-5-2-3-8-18(14)30-21/h4,6-7,12-13H,2-3,5,8-11H2,1H3,(H,26,28). The average Bonchev–Trinajstić information content (AvgIpc) is 3.09. The van der Waals surface area contributed by atoms with Crippen LogP contribution in [-0.4, -0.2) is 21.5 Å². The van der Waals surface area contributed by atoms with Crippen LogP contribution in [0.25, 0.3) is 10.2 Å². The van der Waals surface area contributed by atoms with Crippen LogP contribution in [0, 0.1) is 11.6 Å². The van der Waals surface area contributed by atoms with Gasteiger partial charge in [-0.25, -0.2) is 13.8 Å². The summed E-state index contributed by atoms with van der Waals surface area (Å²) in [6, 6.07) is 3.27. The second kappa shape index (κ2) is 8.63. The lowest BCUT2D eigenvalue weighted by atomic mass is 9.97. The Balaban J connectivity index is 1.41. The normalized spacial score (nSPS) is 14.5. The van der Waals surface area contributed by atoms with Crippen molar-refractivity contribution in [3.63, 3.8) is 0 Å². The summed E-state index contributed by atoms with van der Waals surface area (Å²) in [7, 11) is 0. The van der Waals surface area contributed by atoms with Crippen LogP contribution in [0.4, 0.5) is 8.78 Å². The van der Waals surface area contributed by atoms with E-state index in [1.807, 2.05) is 0 Å². The summed E-state index contributed by atoms with van der Waals surface area (Å²) < 4.78 is 29.0. The lowest BCUT2D eigenvalue weighted by Crippen LogP contribution is -2.35. The number of aryl methyl sites for hydroxylation is 3. The molecule has 1 aliphatic rings. The maximum atomic E-state index is 13.8. The number of fused-ring (bicyclic) bond motifs is 3. The summed E-state index contributed by atoms with van der Waals surface area (Å²) in [4.78, 5) is 31.7. The molecule has 3 aromatic rings. The van der Waals surface area contributed by atoms with E-state index in [2.05, 4.69) is 10.3 Å². The van der Waals surface area contributed by atoms with Gasteiger partial charge in [-0.15, -0.1) is 11.3 Å². The molecule has 1 unspecified atom stereocenters. The Hall–Kier alpha value is -2.61. The topological polar surface area (TPSA) is 64.0 Å². The van der Waals surface area contributed by atoms with E-state index in [-0.39, 0.29) is 36.4 Å². The van der Waals surface area contributed by atoms with Crippen molar-refractivity contribution in [3.8, 4) is 0 Å². The summed E-state index contributed by atoms with van der Waals surface area (Å²) in [5.41, 5.74) is 0.977. The smallest absolute Gasteiger partial charge is 0.262 e. The lowest BCUT2D eigenvalue weighted by Gasteiger charge is -2.15. The Kier molecular flexibility index (Phi) is 5.94. The van der Waals surface area contributed by atoms with Crippen molar-refractivity contribution in [1.29, 1.82) is 0 Å². The molecule has 1 atom stereocenters. The Morgan fingerprint density at radius 2 is 2.00 bits per heavy atom. The van der Waals surface area contributed by atoms with Gasteiger partial charge in [0.2, 0.25) is 5.91 Å². The van der Waals surface area contributed by atoms with Gasteiger partial charge in [0, 0.05) is 29.4 Å². The van der Waals surface area contributed by atoms with Crippen LogP contribution in [0.2, 0.25) is 0 Å². The number of halogens is 2. The van der Waals surface area contributed by atoms with Gasteiger partial charge in [-0.1, -0.05) is 6.07 Å². The highest BCUT2D eigenvalue weighted by molar-refractivity contribution is 7.18. The van der Waals surface area contributed by atoms with E-state index in [0.717, 1.165) is 36.1 Å². The summed E-state index contributed by atoms with van der Waals surface area (Å²) >= 11 is 1.59. The van der Waals surface area contributed by atoms with Gasteiger partial charge in [0.1, 0.15) is 16.5 Å². The van der Waals surface area contributed by atoms with Crippen molar-refractivity contribution < 1.29 is 13.6 Å². The number of thiophene rings is 1. The zero-order valence-corrected chi connectivity index (χ0v) is 17.5. The number of amides is 1. The number of nitrogens with zero attached hydrogens (tertiary/aromatic N) is 2. The maximum Gasteiger partial charge on any atom is 0.262 e. The molecule has 0 bridgehead atoms. The van der Waals surface area contributed by atoms with Gasteiger partial charge < -0.3 is 5.32 Å². The van der Waals surface area contributed by atoms with Crippen LogP contribution >= 0.6 is 11.3 Å². The third kappa shape index (κ3) is 4.14. The van der Waals surface area contributed by atoms with Crippen molar-refractivity contribution in [1.82, 2.24) is 14.9 Å². The largest absolute Gasteiger partial charge is 0.353 e. The van der Waals surface area contributed by atoms with Crippen LogP contribution < -0.4 is 10.9 Å². The van der Waals surface area contributed by atoms with Crippen LogP contribution in [0.1, 0.15) is 42.2 Å². The Morgan fingerprint density at radius 1 is 1.27 bits per heavy atom. The van der Waals surface area contributed by atoms with E-state index in [0.29, 0.717) is 5.39 Å². The van der Waals surface area contributed by atoms with Gasteiger partial charge in [-0.3, -0.25) is 14.2 Å². The number of carbonyl (C=O) groups is 1. The number of hydrogen-bond acceptors (Lipinski definition) is 4. The van der Waals surface area contributed by atoms with Crippen molar-refractivity contribution >= 4 is 27.5 Å². The Labute approximate surface area is 176 Å². The van der Waals surface area contributed by atoms with E-state index in [1.54, 1.807) is 18.3 Å². The van der Waals surface area contributed by atoms with Crippen LogP contribution in [0.3, 0.4) is 0 Å². The van der Waals surface area contributed by atoms with E-state index in [9.17, 15) is 18.4 Å². The highest BCUT2D eigenvalue weighted by atomic mass is 32.1. The molecular formula is C22H23F2N3O2S. The molecule has 0 fully saturated rings. The number of hydrogen-bond donors (Lipinski definition) is 1. The van der Waals surface area contributed by atoms with Crippen LogP contribution in [-0.2, 0) is 30.6 Å². The molecule has 0 spiro atoms. The minimum absolute atomic E-state index is 0.0431. The molecule has 5 nitrogen and oxygen atoms in total. The molecule has 0 aliphatic heterocycles. The summed E-state index contributed by atoms with van der Waals surface area (Å²) in [5.74, 6) is -1.53. The number of rotatable bonds is 6. The molecule has 2 aromatic heterocycles. The molecule has 1 aromatic carbocycles. The molecule has 8 heteroatoms. The summed E-state index contributed by atoms with van der Waals surface area (Å²) in [5, 5.41) is 3.44. The van der Waals surface area contributed by atoms with E-state index >= 15 is 0 Å². The number of aromatic nitrogens is 2. The first-order chi connectivity index (χ1) is 14.4. The molecule has 2 heterocycles. The fraction of sp³-hybridized carbons (Fsp3) is 0.409. The summed E-state index contributed by atoms with van der Waals surface area (Å²) in [6.45, 7) is 1.90. The molecule has 1 N–H and O–H groups in total. The molecule has 0 saturated carbocycles. The van der Waals surface area contributed by atoms with Gasteiger partial charge >= 0.3 is 0 Å². The van der Waals surface area contributed by atoms with Gasteiger partial charge in [-0.05, 0) is 56.7 Å². The minimum atomic E-state index is -0.624. The quantitative estimate of drug-likeness (QED) is 0.647. The molecule has 1 amide bonds. The van der Waals surface area contributed by atoms with Crippen LogP contribution in [0.15, 0.2) is 29.3 Å². The zero-order chi connectivity index (χ0) is 21.3. The molecule has 4 rings (SSSR count). The van der Waals surface area contributed by atoms with Crippen molar-refractivity contribution in [2.75, 3.05) is 0 Å². The predicted molar refractivity (Wildman–Crippen MR) is 113 cm³/mol. The first-order valence-corrected chi connectivity index (χ1v) is 11.0. The van der Waals surface area contributed by atoms with Crippen molar-refractivity contribution in [2.45, 2.75) is 58.0 Å². The maximum absolute atomic E-state index is 13.8. The number of nitrogens with one attached hydrogen (secondary N) is 1. The number of benzene rings is 1. The summed E-state index contributed by atoms with van der Waals surface area (Å²) in [6.07, 6.45) is 5.76. The second-order valence-electron chi connectivity index (χ2n) is 7.76. The monoisotopic (exact) mass is 431 g/mol. The first kappa shape index (κ1) is 20.7. The van der Waals surface area contributed by atoms with Gasteiger partial charge in [-0.2, -0.15) is 0 Å². The predicted octanol–water partition coefficient (Wildman–Crippen LogP) is 3.75. The molecule has 0 radical (unpaired) electrons. The van der Waals surface area contributed by atoms with Gasteiger partial charge in [0.25, 0.3) is 5.56 Å². The highest BCUT2D eigenvalue weighted by Gasteiger charge is 2.20. The minimum Gasteiger partial charge on any atom is -0.353 e. The van der Waals surface area contributed by atoms with E-state index in [4.69, 9.17) is 0 Å². The third-order valence-corrected chi connectivity index (χ3v) is 6.70. The van der Waals surface area contributed by atoms with Crippen molar-refractivity contribution in [3.05, 3.63) is 62.5 Å². The Bertz CT molecular complexity index is 1130. The first-order valence-electron chi connectivity index (χ1n) is 10.2. The fourth-order valence-electron chi connectivity index (χ4n) is 3.99. The lowest BCUT2D eigenvalue weighted by molar-refractivity contribution is -0.121. The zero-order valence-electron chi connectivity index (χ0n) is 16.7. The number of carbonyl (C=O) groups excluding carboxylic acids is 1. The molecule has 1 aliphatic carbocycles. The Morgan fingerprint density at radius 3 is 2.77 bits per heavy atom. The second-order valence-corrected chi connectivity index (χ2v) is 8.84. The highest BCUT2D eigenvalue weighted by Crippen LogP contribution is 2.33. The van der Waals surface area contributed by atoms with Crippen molar-refractivity contribution in [2.24, 2.45) is 0 Å². The van der Waals surface area contributed by atoms with Gasteiger partial charge in [0.15, 0.2) is 0 Å². The fourth-order valence-corrected chi connectivity index (χ4v) is 5.21. The molecule has 30 heavy (non-hydrogen) atoms. The molecule has 158 valence electrons. The van der Waals surface area contributed by atoms with E-state index < -0.39 is 17.7 Å². The van der Waals surface area contributed by atoms with Crippen LogP contribution in [0.5, 0.6) is 0 Å². The molecule has 0 saturated heterocycles. The SMILES string of the molecule is CC(Cc1c(F)cccc1F)NC(=O)CCn1cnc2sc3c(c2c1=O)CCCC3.